The average Bonchev–Trinajstić information content (AvgIpc) is 2.95. The van der Waals surface area contributed by atoms with Crippen molar-refractivity contribution in [2.45, 2.75) is 19.3 Å². The summed E-state index contributed by atoms with van der Waals surface area (Å²) in [6.45, 7) is 0. The van der Waals surface area contributed by atoms with Crippen molar-refractivity contribution in [2.24, 2.45) is 0 Å². The molecule has 1 aliphatic rings. The van der Waals surface area contributed by atoms with Crippen molar-refractivity contribution in [3.8, 4) is 22.9 Å². The van der Waals surface area contributed by atoms with Crippen molar-refractivity contribution in [3.05, 3.63) is 33.6 Å². The highest BCUT2D eigenvalue weighted by Gasteiger charge is 2.21. The standard InChI is InChI=1S/C15H14Cl2N2O2/c1-20-11-7-6-9(12(16)13(11)21-2)15-18-10-5-3-4-8(10)14(17)19-15/h6-7H,3-5H2,1-2H3. The van der Waals surface area contributed by atoms with Crippen LogP contribution in [-0.4, -0.2) is 24.2 Å². The largest absolute Gasteiger partial charge is 0.493 e. The maximum atomic E-state index is 6.40. The number of nitrogens with zero attached hydrogens (tertiary/aromatic N) is 2. The molecule has 0 saturated carbocycles. The lowest BCUT2D eigenvalue weighted by molar-refractivity contribution is 0.355. The summed E-state index contributed by atoms with van der Waals surface area (Å²) < 4.78 is 10.5. The summed E-state index contributed by atoms with van der Waals surface area (Å²) in [7, 11) is 3.11. The van der Waals surface area contributed by atoms with Gasteiger partial charge in [-0.3, -0.25) is 0 Å². The van der Waals surface area contributed by atoms with E-state index in [1.54, 1.807) is 20.3 Å². The second-order valence-corrected chi connectivity index (χ2v) is 5.52. The molecular weight excluding hydrogens is 311 g/mol. The molecule has 0 saturated heterocycles. The van der Waals surface area contributed by atoms with Crippen molar-refractivity contribution < 1.29 is 9.47 Å². The molecule has 1 aromatic carbocycles. The second kappa shape index (κ2) is 5.70. The molecule has 2 aromatic rings. The molecule has 0 bridgehead atoms. The smallest absolute Gasteiger partial charge is 0.180 e. The van der Waals surface area contributed by atoms with E-state index in [0.29, 0.717) is 33.1 Å². The molecule has 0 unspecified atom stereocenters. The molecule has 1 heterocycles. The minimum Gasteiger partial charge on any atom is -0.493 e. The molecule has 0 spiro atoms. The van der Waals surface area contributed by atoms with Gasteiger partial charge in [-0.25, -0.2) is 9.97 Å². The number of rotatable bonds is 3. The molecule has 0 atom stereocenters. The lowest BCUT2D eigenvalue weighted by Crippen LogP contribution is -1.99. The first kappa shape index (κ1) is 14.4. The third-order valence-corrected chi connectivity index (χ3v) is 4.30. The molecule has 21 heavy (non-hydrogen) atoms. The fourth-order valence-corrected chi connectivity index (χ4v) is 3.17. The highest BCUT2D eigenvalue weighted by atomic mass is 35.5. The van der Waals surface area contributed by atoms with Gasteiger partial charge in [-0.2, -0.15) is 0 Å². The third kappa shape index (κ3) is 2.43. The van der Waals surface area contributed by atoms with E-state index in [0.717, 1.165) is 30.5 Å². The lowest BCUT2D eigenvalue weighted by Gasteiger charge is -2.13. The molecule has 3 rings (SSSR count). The fourth-order valence-electron chi connectivity index (χ4n) is 2.57. The van der Waals surface area contributed by atoms with Gasteiger partial charge in [0.1, 0.15) is 5.15 Å². The van der Waals surface area contributed by atoms with E-state index in [2.05, 4.69) is 9.97 Å². The zero-order valence-electron chi connectivity index (χ0n) is 11.7. The van der Waals surface area contributed by atoms with Crippen LogP contribution in [0.15, 0.2) is 12.1 Å². The number of hydrogen-bond donors (Lipinski definition) is 0. The van der Waals surface area contributed by atoms with E-state index in [9.17, 15) is 0 Å². The van der Waals surface area contributed by atoms with Crippen LogP contribution in [0.25, 0.3) is 11.4 Å². The Bertz CT molecular complexity index is 705. The number of hydrogen-bond acceptors (Lipinski definition) is 4. The quantitative estimate of drug-likeness (QED) is 0.802. The summed E-state index contributed by atoms with van der Waals surface area (Å²) >= 11 is 12.7. The Balaban J connectivity index is 2.15. The molecule has 1 aliphatic carbocycles. The van der Waals surface area contributed by atoms with E-state index in [1.807, 2.05) is 6.07 Å². The molecule has 0 N–H and O–H groups in total. The van der Waals surface area contributed by atoms with Crippen LogP contribution in [0.4, 0.5) is 0 Å². The van der Waals surface area contributed by atoms with Crippen molar-refractivity contribution in [1.82, 2.24) is 9.97 Å². The number of methoxy groups -OCH3 is 2. The number of halogens is 2. The van der Waals surface area contributed by atoms with Gasteiger partial charge in [0.25, 0.3) is 0 Å². The van der Waals surface area contributed by atoms with E-state index in [1.165, 1.54) is 0 Å². The van der Waals surface area contributed by atoms with Crippen LogP contribution in [0.5, 0.6) is 11.5 Å². The maximum Gasteiger partial charge on any atom is 0.180 e. The molecule has 1 aromatic heterocycles. The molecule has 110 valence electrons. The average molecular weight is 325 g/mol. The Hall–Kier alpha value is -1.52. The van der Waals surface area contributed by atoms with E-state index in [-0.39, 0.29) is 0 Å². The number of aryl methyl sites for hydroxylation is 1. The molecule has 0 fully saturated rings. The third-order valence-electron chi connectivity index (χ3n) is 3.61. The Morgan fingerprint density at radius 3 is 2.57 bits per heavy atom. The zero-order chi connectivity index (χ0) is 15.0. The topological polar surface area (TPSA) is 44.2 Å². The summed E-state index contributed by atoms with van der Waals surface area (Å²) in [6.07, 6.45) is 2.93. The van der Waals surface area contributed by atoms with Crippen LogP contribution >= 0.6 is 23.2 Å². The number of fused-ring (bicyclic) bond motifs is 1. The minimum atomic E-state index is 0.422. The minimum absolute atomic E-state index is 0.422. The first-order valence-electron chi connectivity index (χ1n) is 6.61. The summed E-state index contributed by atoms with van der Waals surface area (Å²) in [5.74, 6) is 1.56. The summed E-state index contributed by atoms with van der Waals surface area (Å²) in [5, 5.41) is 0.934. The van der Waals surface area contributed by atoms with Gasteiger partial charge in [0.05, 0.1) is 19.2 Å². The summed E-state index contributed by atoms with van der Waals surface area (Å²) in [4.78, 5) is 8.98. The van der Waals surface area contributed by atoms with Gasteiger partial charge in [-0.15, -0.1) is 0 Å². The highest BCUT2D eigenvalue weighted by molar-refractivity contribution is 6.35. The SMILES string of the molecule is COc1ccc(-c2nc(Cl)c3c(n2)CCC3)c(Cl)c1OC. The van der Waals surface area contributed by atoms with Crippen molar-refractivity contribution >= 4 is 23.2 Å². The first-order valence-corrected chi connectivity index (χ1v) is 7.37. The monoisotopic (exact) mass is 324 g/mol. The van der Waals surface area contributed by atoms with Crippen LogP contribution in [-0.2, 0) is 12.8 Å². The van der Waals surface area contributed by atoms with Gasteiger partial charge >= 0.3 is 0 Å². The predicted octanol–water partition coefficient (Wildman–Crippen LogP) is 3.96. The van der Waals surface area contributed by atoms with E-state index >= 15 is 0 Å². The van der Waals surface area contributed by atoms with E-state index in [4.69, 9.17) is 32.7 Å². The van der Waals surface area contributed by atoms with Crippen LogP contribution in [0, 0.1) is 0 Å². The van der Waals surface area contributed by atoms with Crippen LogP contribution in [0.2, 0.25) is 10.2 Å². The Kier molecular flexibility index (Phi) is 3.91. The first-order chi connectivity index (χ1) is 10.2. The molecule has 0 amide bonds. The Morgan fingerprint density at radius 2 is 1.86 bits per heavy atom. The summed E-state index contributed by atoms with van der Waals surface area (Å²) in [5.41, 5.74) is 2.75. The fraction of sp³-hybridized carbons (Fsp3) is 0.333. The maximum absolute atomic E-state index is 6.40. The second-order valence-electron chi connectivity index (χ2n) is 4.78. The van der Waals surface area contributed by atoms with Gasteiger partial charge < -0.3 is 9.47 Å². The van der Waals surface area contributed by atoms with E-state index < -0.39 is 0 Å². The predicted molar refractivity (Wildman–Crippen MR) is 82.6 cm³/mol. The molecule has 4 nitrogen and oxygen atoms in total. The van der Waals surface area contributed by atoms with Crippen LogP contribution < -0.4 is 9.47 Å². The normalized spacial score (nSPS) is 13.1. The van der Waals surface area contributed by atoms with Crippen molar-refractivity contribution in [2.75, 3.05) is 14.2 Å². The number of benzene rings is 1. The molecule has 0 radical (unpaired) electrons. The number of aromatic nitrogens is 2. The van der Waals surface area contributed by atoms with Crippen molar-refractivity contribution in [3.63, 3.8) is 0 Å². The zero-order valence-corrected chi connectivity index (χ0v) is 13.3. The Labute approximate surface area is 133 Å². The van der Waals surface area contributed by atoms with Gasteiger partial charge in [0.15, 0.2) is 17.3 Å². The van der Waals surface area contributed by atoms with Crippen molar-refractivity contribution in [1.29, 1.82) is 0 Å². The van der Waals surface area contributed by atoms with Gasteiger partial charge in [-0.05, 0) is 31.4 Å². The molecule has 6 heteroatoms. The highest BCUT2D eigenvalue weighted by Crippen LogP contribution is 2.41. The molecular formula is C15H14Cl2N2O2. The molecule has 0 aliphatic heterocycles. The van der Waals surface area contributed by atoms with Crippen LogP contribution in [0.3, 0.4) is 0 Å². The lowest BCUT2D eigenvalue weighted by atomic mass is 10.1. The van der Waals surface area contributed by atoms with Gasteiger partial charge in [0.2, 0.25) is 0 Å². The van der Waals surface area contributed by atoms with Gasteiger partial charge in [0, 0.05) is 16.8 Å². The number of ether oxygens (including phenoxy) is 2. The van der Waals surface area contributed by atoms with Crippen LogP contribution in [0.1, 0.15) is 17.7 Å². The Morgan fingerprint density at radius 1 is 1.05 bits per heavy atom. The summed E-state index contributed by atoms with van der Waals surface area (Å²) in [6, 6.07) is 3.60. The van der Waals surface area contributed by atoms with Gasteiger partial charge in [-0.1, -0.05) is 23.2 Å².